The van der Waals surface area contributed by atoms with Crippen LogP contribution >= 0.6 is 0 Å². The molecule has 124 valence electrons. The van der Waals surface area contributed by atoms with Crippen LogP contribution < -0.4 is 5.56 Å². The Morgan fingerprint density at radius 2 is 1.88 bits per heavy atom. The van der Waals surface area contributed by atoms with Gasteiger partial charge < -0.3 is 0 Å². The zero-order chi connectivity index (χ0) is 17.2. The van der Waals surface area contributed by atoms with E-state index in [-0.39, 0.29) is 12.1 Å². The molecule has 0 N–H and O–H groups in total. The second-order valence-corrected chi connectivity index (χ2v) is 5.73. The first kappa shape index (κ1) is 15.2. The molecular weight excluding hydrogens is 321 g/mol. The van der Waals surface area contributed by atoms with Crippen molar-refractivity contribution in [3.8, 4) is 0 Å². The van der Waals surface area contributed by atoms with Crippen LogP contribution in [0.5, 0.6) is 0 Å². The average molecular weight is 335 g/mol. The average Bonchev–Trinajstić information content (AvgIpc) is 3.05. The smallest absolute Gasteiger partial charge is 0.261 e. The highest BCUT2D eigenvalue weighted by molar-refractivity contribution is 5.77. The third-order valence-corrected chi connectivity index (χ3v) is 3.89. The molecule has 0 saturated heterocycles. The van der Waals surface area contributed by atoms with Gasteiger partial charge in [-0.25, -0.2) is 14.1 Å². The third kappa shape index (κ3) is 3.16. The molecule has 0 unspecified atom stereocenters. The Labute approximate surface area is 142 Å². The molecule has 0 saturated carbocycles. The standard InChI is InChI=1S/C18H14FN5O/c19-14-6-7-16-17(8-14)20-12-23(18(16)25)10-15-11-24(22-21-15)9-13-4-2-1-3-5-13/h1-8,11-12H,9-10H2. The van der Waals surface area contributed by atoms with Crippen molar-refractivity contribution in [2.24, 2.45) is 0 Å². The summed E-state index contributed by atoms with van der Waals surface area (Å²) in [5.41, 5.74) is 1.88. The van der Waals surface area contributed by atoms with Crippen LogP contribution in [0.2, 0.25) is 0 Å². The molecule has 2 aromatic heterocycles. The molecule has 2 aromatic carbocycles. The first-order valence-electron chi connectivity index (χ1n) is 7.77. The molecule has 0 atom stereocenters. The molecular formula is C18H14FN5O. The van der Waals surface area contributed by atoms with E-state index in [1.54, 1.807) is 10.9 Å². The lowest BCUT2D eigenvalue weighted by Gasteiger charge is -2.04. The summed E-state index contributed by atoms with van der Waals surface area (Å²) in [6, 6.07) is 13.9. The maximum absolute atomic E-state index is 13.2. The highest BCUT2D eigenvalue weighted by atomic mass is 19.1. The molecule has 4 aromatic rings. The fourth-order valence-electron chi connectivity index (χ4n) is 2.68. The minimum Gasteiger partial charge on any atom is -0.293 e. The third-order valence-electron chi connectivity index (χ3n) is 3.89. The normalized spacial score (nSPS) is 11.1. The van der Waals surface area contributed by atoms with E-state index in [1.165, 1.54) is 29.1 Å². The SMILES string of the molecule is O=c1c2ccc(F)cc2ncn1Cc1cn(Cc2ccccc2)nn1. The maximum atomic E-state index is 13.2. The first-order valence-corrected chi connectivity index (χ1v) is 7.77. The van der Waals surface area contributed by atoms with Crippen molar-refractivity contribution >= 4 is 10.9 Å². The number of nitrogens with zero attached hydrogens (tertiary/aromatic N) is 5. The highest BCUT2D eigenvalue weighted by Crippen LogP contribution is 2.09. The minimum atomic E-state index is -0.416. The molecule has 0 amide bonds. The van der Waals surface area contributed by atoms with E-state index in [0.717, 1.165) is 5.56 Å². The number of hydrogen-bond donors (Lipinski definition) is 0. The van der Waals surface area contributed by atoms with Gasteiger partial charge in [0.1, 0.15) is 11.5 Å². The number of fused-ring (bicyclic) bond motifs is 1. The summed E-state index contributed by atoms with van der Waals surface area (Å²) in [6.07, 6.45) is 3.20. The Morgan fingerprint density at radius 3 is 2.72 bits per heavy atom. The molecule has 0 radical (unpaired) electrons. The van der Waals surface area contributed by atoms with Crippen LogP contribution in [0.15, 0.2) is 65.8 Å². The van der Waals surface area contributed by atoms with Crippen LogP contribution in [0.25, 0.3) is 10.9 Å². The summed E-state index contributed by atoms with van der Waals surface area (Å²) in [4.78, 5) is 16.6. The number of halogens is 1. The zero-order valence-electron chi connectivity index (χ0n) is 13.2. The van der Waals surface area contributed by atoms with Gasteiger partial charge in [0.2, 0.25) is 0 Å². The lowest BCUT2D eigenvalue weighted by Crippen LogP contribution is -2.21. The fraction of sp³-hybridized carbons (Fsp3) is 0.111. The van der Waals surface area contributed by atoms with Gasteiger partial charge in [0, 0.05) is 6.07 Å². The topological polar surface area (TPSA) is 65.6 Å². The van der Waals surface area contributed by atoms with Crippen LogP contribution in [0.3, 0.4) is 0 Å². The lowest BCUT2D eigenvalue weighted by molar-refractivity contribution is 0.628. The lowest BCUT2D eigenvalue weighted by atomic mass is 10.2. The van der Waals surface area contributed by atoms with E-state index in [4.69, 9.17) is 0 Å². The van der Waals surface area contributed by atoms with Gasteiger partial charge in [-0.15, -0.1) is 5.10 Å². The zero-order valence-corrected chi connectivity index (χ0v) is 13.2. The maximum Gasteiger partial charge on any atom is 0.261 e. The molecule has 0 fully saturated rings. The van der Waals surface area contributed by atoms with Crippen LogP contribution in [-0.4, -0.2) is 24.5 Å². The number of benzene rings is 2. The van der Waals surface area contributed by atoms with Crippen molar-refractivity contribution in [3.63, 3.8) is 0 Å². The van der Waals surface area contributed by atoms with E-state index >= 15 is 0 Å². The fourth-order valence-corrected chi connectivity index (χ4v) is 2.68. The second kappa shape index (κ2) is 6.27. The number of aromatic nitrogens is 5. The Hall–Kier alpha value is -3.35. The second-order valence-electron chi connectivity index (χ2n) is 5.73. The van der Waals surface area contributed by atoms with E-state index in [9.17, 15) is 9.18 Å². The molecule has 0 bridgehead atoms. The van der Waals surface area contributed by atoms with E-state index < -0.39 is 5.82 Å². The van der Waals surface area contributed by atoms with Crippen molar-refractivity contribution in [1.29, 1.82) is 0 Å². The van der Waals surface area contributed by atoms with Gasteiger partial charge in [0.15, 0.2) is 0 Å². The molecule has 0 aliphatic carbocycles. The number of rotatable bonds is 4. The van der Waals surface area contributed by atoms with Gasteiger partial charge in [0.25, 0.3) is 5.56 Å². The molecule has 0 spiro atoms. The largest absolute Gasteiger partial charge is 0.293 e. The Kier molecular flexibility index (Phi) is 3.81. The van der Waals surface area contributed by atoms with Gasteiger partial charge >= 0.3 is 0 Å². The summed E-state index contributed by atoms with van der Waals surface area (Å²) < 4.78 is 16.4. The van der Waals surface area contributed by atoms with Crippen LogP contribution in [-0.2, 0) is 13.1 Å². The van der Waals surface area contributed by atoms with Crippen molar-refractivity contribution in [2.75, 3.05) is 0 Å². The summed E-state index contributed by atoms with van der Waals surface area (Å²) in [5, 5.41) is 8.58. The molecule has 2 heterocycles. The summed E-state index contributed by atoms with van der Waals surface area (Å²) in [6.45, 7) is 0.867. The van der Waals surface area contributed by atoms with E-state index in [0.29, 0.717) is 23.1 Å². The van der Waals surface area contributed by atoms with Crippen LogP contribution in [0.4, 0.5) is 4.39 Å². The molecule has 6 nitrogen and oxygen atoms in total. The van der Waals surface area contributed by atoms with Gasteiger partial charge in [-0.05, 0) is 17.7 Å². The molecule has 7 heteroatoms. The summed E-state index contributed by atoms with van der Waals surface area (Å²) in [5.74, 6) is -0.416. The minimum absolute atomic E-state index is 0.234. The molecule has 4 rings (SSSR count). The Bertz CT molecular complexity index is 1090. The van der Waals surface area contributed by atoms with Crippen molar-refractivity contribution < 1.29 is 4.39 Å². The van der Waals surface area contributed by atoms with Crippen LogP contribution in [0, 0.1) is 5.82 Å². The first-order chi connectivity index (χ1) is 12.2. The molecule has 0 aliphatic rings. The predicted molar refractivity (Wildman–Crippen MR) is 90.6 cm³/mol. The molecule has 0 aliphatic heterocycles. The summed E-state index contributed by atoms with van der Waals surface area (Å²) >= 11 is 0. The van der Waals surface area contributed by atoms with Gasteiger partial charge in [0.05, 0.1) is 36.5 Å². The van der Waals surface area contributed by atoms with Gasteiger partial charge in [-0.1, -0.05) is 35.5 Å². The van der Waals surface area contributed by atoms with E-state index in [1.807, 2.05) is 30.3 Å². The summed E-state index contributed by atoms with van der Waals surface area (Å²) in [7, 11) is 0. The van der Waals surface area contributed by atoms with Crippen molar-refractivity contribution in [2.45, 2.75) is 13.1 Å². The Balaban J connectivity index is 1.58. The Morgan fingerprint density at radius 1 is 1.04 bits per heavy atom. The predicted octanol–water partition coefficient (Wildman–Crippen LogP) is 2.22. The monoisotopic (exact) mass is 335 g/mol. The van der Waals surface area contributed by atoms with Crippen molar-refractivity contribution in [1.82, 2.24) is 24.5 Å². The van der Waals surface area contributed by atoms with Crippen LogP contribution in [0.1, 0.15) is 11.3 Å². The quantitative estimate of drug-likeness (QED) is 0.574. The number of hydrogen-bond acceptors (Lipinski definition) is 4. The van der Waals surface area contributed by atoms with Crippen molar-refractivity contribution in [3.05, 3.63) is 88.5 Å². The van der Waals surface area contributed by atoms with Gasteiger partial charge in [-0.3, -0.25) is 9.36 Å². The van der Waals surface area contributed by atoms with E-state index in [2.05, 4.69) is 15.3 Å². The highest BCUT2D eigenvalue weighted by Gasteiger charge is 2.08. The molecule has 25 heavy (non-hydrogen) atoms. The van der Waals surface area contributed by atoms with Gasteiger partial charge in [-0.2, -0.15) is 0 Å².